The second-order valence-electron chi connectivity index (χ2n) is 2.85. The zero-order valence-electron chi connectivity index (χ0n) is 6.76. The lowest BCUT2D eigenvalue weighted by Crippen LogP contribution is -2.15. The average Bonchev–Trinajstić information content (AvgIpc) is 2.32. The standard InChI is InChI=1S/C8H11N3/c1-6-3-4-7-8(10-6)9-5-11(7)2/h3-4H,5H2,1-2H3,(H,9,10). The summed E-state index contributed by atoms with van der Waals surface area (Å²) in [5.74, 6) is 1.01. The van der Waals surface area contributed by atoms with Gasteiger partial charge in [-0.2, -0.15) is 0 Å². The molecule has 0 spiro atoms. The first-order valence-electron chi connectivity index (χ1n) is 3.70. The van der Waals surface area contributed by atoms with Gasteiger partial charge in [0.05, 0.1) is 12.4 Å². The molecular weight excluding hydrogens is 138 g/mol. The van der Waals surface area contributed by atoms with E-state index in [1.54, 1.807) is 0 Å². The van der Waals surface area contributed by atoms with Crippen molar-refractivity contribution in [3.05, 3.63) is 17.8 Å². The van der Waals surface area contributed by atoms with Gasteiger partial charge < -0.3 is 10.2 Å². The van der Waals surface area contributed by atoms with E-state index >= 15 is 0 Å². The summed E-state index contributed by atoms with van der Waals surface area (Å²) in [6.07, 6.45) is 0. The summed E-state index contributed by atoms with van der Waals surface area (Å²) in [5, 5.41) is 3.21. The Morgan fingerprint density at radius 1 is 1.55 bits per heavy atom. The summed E-state index contributed by atoms with van der Waals surface area (Å²) in [4.78, 5) is 6.49. The molecule has 1 aromatic heterocycles. The lowest BCUT2D eigenvalue weighted by Gasteiger charge is -2.08. The minimum atomic E-state index is 0.867. The van der Waals surface area contributed by atoms with Gasteiger partial charge >= 0.3 is 0 Å². The molecule has 3 nitrogen and oxygen atoms in total. The van der Waals surface area contributed by atoms with Crippen LogP contribution in [-0.2, 0) is 0 Å². The first-order chi connectivity index (χ1) is 5.27. The Hall–Kier alpha value is -1.25. The number of fused-ring (bicyclic) bond motifs is 1. The summed E-state index contributed by atoms with van der Waals surface area (Å²) in [6, 6.07) is 4.12. The van der Waals surface area contributed by atoms with Crippen LogP contribution in [0, 0.1) is 6.92 Å². The Morgan fingerprint density at radius 3 is 3.18 bits per heavy atom. The minimum Gasteiger partial charge on any atom is -0.354 e. The molecule has 0 radical (unpaired) electrons. The van der Waals surface area contributed by atoms with Crippen molar-refractivity contribution in [2.45, 2.75) is 6.92 Å². The molecule has 0 unspecified atom stereocenters. The molecule has 58 valence electrons. The molecule has 0 fully saturated rings. The highest BCUT2D eigenvalue weighted by Crippen LogP contribution is 2.27. The number of aromatic nitrogens is 1. The van der Waals surface area contributed by atoms with E-state index in [9.17, 15) is 0 Å². The molecule has 3 heteroatoms. The van der Waals surface area contributed by atoms with Gasteiger partial charge in [-0.3, -0.25) is 0 Å². The Labute approximate surface area is 66.0 Å². The largest absolute Gasteiger partial charge is 0.354 e. The molecule has 0 saturated carbocycles. The van der Waals surface area contributed by atoms with Crippen molar-refractivity contribution in [1.82, 2.24) is 4.98 Å². The lowest BCUT2D eigenvalue weighted by atomic mass is 10.3. The van der Waals surface area contributed by atoms with E-state index < -0.39 is 0 Å². The fourth-order valence-electron chi connectivity index (χ4n) is 1.27. The van der Waals surface area contributed by atoms with Crippen molar-refractivity contribution < 1.29 is 0 Å². The van der Waals surface area contributed by atoms with Gasteiger partial charge in [0.25, 0.3) is 0 Å². The number of aryl methyl sites for hydroxylation is 1. The fourth-order valence-corrected chi connectivity index (χ4v) is 1.27. The van der Waals surface area contributed by atoms with Crippen LogP contribution in [0.2, 0.25) is 0 Å². The highest BCUT2D eigenvalue weighted by molar-refractivity contribution is 5.70. The second kappa shape index (κ2) is 2.12. The molecule has 0 aromatic carbocycles. The van der Waals surface area contributed by atoms with Crippen LogP contribution < -0.4 is 10.2 Å². The third-order valence-electron chi connectivity index (χ3n) is 1.91. The van der Waals surface area contributed by atoms with Crippen molar-refractivity contribution >= 4 is 11.5 Å². The van der Waals surface area contributed by atoms with Crippen LogP contribution in [0.25, 0.3) is 0 Å². The molecule has 0 amide bonds. The number of anilines is 2. The first kappa shape index (κ1) is 6.46. The number of nitrogens with zero attached hydrogens (tertiary/aromatic N) is 2. The van der Waals surface area contributed by atoms with Crippen LogP contribution in [0.4, 0.5) is 11.5 Å². The summed E-state index contributed by atoms with van der Waals surface area (Å²) >= 11 is 0. The average molecular weight is 149 g/mol. The van der Waals surface area contributed by atoms with Gasteiger partial charge in [0, 0.05) is 12.7 Å². The number of hydrogen-bond acceptors (Lipinski definition) is 3. The Bertz CT molecular complexity index is 283. The van der Waals surface area contributed by atoms with Crippen LogP contribution in [0.1, 0.15) is 5.69 Å². The van der Waals surface area contributed by atoms with Crippen molar-refractivity contribution in [3.63, 3.8) is 0 Å². The van der Waals surface area contributed by atoms with Crippen LogP contribution in [-0.4, -0.2) is 18.7 Å². The maximum Gasteiger partial charge on any atom is 0.151 e. The van der Waals surface area contributed by atoms with Crippen molar-refractivity contribution in [3.8, 4) is 0 Å². The van der Waals surface area contributed by atoms with E-state index in [4.69, 9.17) is 0 Å². The fraction of sp³-hybridized carbons (Fsp3) is 0.375. The maximum atomic E-state index is 4.35. The third kappa shape index (κ3) is 0.926. The quantitative estimate of drug-likeness (QED) is 0.601. The van der Waals surface area contributed by atoms with E-state index in [1.807, 2.05) is 13.0 Å². The Morgan fingerprint density at radius 2 is 2.36 bits per heavy atom. The van der Waals surface area contributed by atoms with Gasteiger partial charge in [-0.25, -0.2) is 4.98 Å². The van der Waals surface area contributed by atoms with Gasteiger partial charge in [0.1, 0.15) is 0 Å². The van der Waals surface area contributed by atoms with Gasteiger partial charge in [-0.1, -0.05) is 0 Å². The topological polar surface area (TPSA) is 28.2 Å². The molecule has 0 atom stereocenters. The SMILES string of the molecule is Cc1ccc2c(n1)NCN2C. The maximum absolute atomic E-state index is 4.35. The Balaban J connectivity index is 2.50. The van der Waals surface area contributed by atoms with Gasteiger partial charge in [-0.15, -0.1) is 0 Å². The first-order valence-corrected chi connectivity index (χ1v) is 3.70. The minimum absolute atomic E-state index is 0.867. The number of hydrogen-bond donors (Lipinski definition) is 1. The number of nitrogens with one attached hydrogen (secondary N) is 1. The predicted octanol–water partition coefficient (Wildman–Crippen LogP) is 1.21. The van der Waals surface area contributed by atoms with Crippen LogP contribution in [0.5, 0.6) is 0 Å². The van der Waals surface area contributed by atoms with E-state index in [-0.39, 0.29) is 0 Å². The molecular formula is C8H11N3. The molecule has 11 heavy (non-hydrogen) atoms. The zero-order chi connectivity index (χ0) is 7.84. The van der Waals surface area contributed by atoms with E-state index in [2.05, 4.69) is 28.3 Å². The van der Waals surface area contributed by atoms with Gasteiger partial charge in [0.2, 0.25) is 0 Å². The van der Waals surface area contributed by atoms with Gasteiger partial charge in [0.15, 0.2) is 5.82 Å². The molecule has 0 saturated heterocycles. The predicted molar refractivity (Wildman–Crippen MR) is 45.9 cm³/mol. The lowest BCUT2D eigenvalue weighted by molar-refractivity contribution is 1.03. The normalized spacial score (nSPS) is 14.5. The van der Waals surface area contributed by atoms with E-state index in [1.165, 1.54) is 5.69 Å². The van der Waals surface area contributed by atoms with E-state index in [0.717, 1.165) is 18.2 Å². The molecule has 0 aliphatic carbocycles. The van der Waals surface area contributed by atoms with Gasteiger partial charge in [-0.05, 0) is 19.1 Å². The van der Waals surface area contributed by atoms with Crippen LogP contribution in [0.15, 0.2) is 12.1 Å². The van der Waals surface area contributed by atoms with E-state index in [0.29, 0.717) is 0 Å². The smallest absolute Gasteiger partial charge is 0.151 e. The highest BCUT2D eigenvalue weighted by atomic mass is 15.3. The van der Waals surface area contributed by atoms with Crippen LogP contribution in [0.3, 0.4) is 0 Å². The number of rotatable bonds is 0. The third-order valence-corrected chi connectivity index (χ3v) is 1.91. The Kier molecular flexibility index (Phi) is 1.24. The van der Waals surface area contributed by atoms with Crippen molar-refractivity contribution in [1.29, 1.82) is 0 Å². The molecule has 0 bridgehead atoms. The summed E-state index contributed by atoms with van der Waals surface area (Å²) < 4.78 is 0. The monoisotopic (exact) mass is 149 g/mol. The summed E-state index contributed by atoms with van der Waals surface area (Å²) in [5.41, 5.74) is 2.25. The molecule has 1 aliphatic rings. The van der Waals surface area contributed by atoms with Crippen molar-refractivity contribution in [2.24, 2.45) is 0 Å². The molecule has 2 heterocycles. The molecule has 1 aliphatic heterocycles. The summed E-state index contributed by atoms with van der Waals surface area (Å²) in [6.45, 7) is 2.87. The second-order valence-corrected chi connectivity index (χ2v) is 2.85. The summed E-state index contributed by atoms with van der Waals surface area (Å²) in [7, 11) is 2.05. The number of pyridine rings is 1. The van der Waals surface area contributed by atoms with Crippen molar-refractivity contribution in [2.75, 3.05) is 23.9 Å². The zero-order valence-corrected chi connectivity index (χ0v) is 6.76. The molecule has 1 N–H and O–H groups in total. The highest BCUT2D eigenvalue weighted by Gasteiger charge is 2.14. The molecule has 1 aromatic rings. The van der Waals surface area contributed by atoms with Crippen LogP contribution >= 0.6 is 0 Å². The molecule has 2 rings (SSSR count).